The number of hydrogen-bond acceptors (Lipinski definition) is 7. The van der Waals surface area contributed by atoms with Crippen LogP contribution in [0.25, 0.3) is 0 Å². The van der Waals surface area contributed by atoms with Crippen LogP contribution in [-0.2, 0) is 16.0 Å². The predicted molar refractivity (Wildman–Crippen MR) is 106 cm³/mol. The van der Waals surface area contributed by atoms with Gasteiger partial charge in [-0.25, -0.2) is 4.79 Å². The maximum absolute atomic E-state index is 13.0. The zero-order valence-corrected chi connectivity index (χ0v) is 16.8. The number of aromatic nitrogens is 1. The van der Waals surface area contributed by atoms with E-state index >= 15 is 0 Å². The first kappa shape index (κ1) is 20.3. The Labute approximate surface area is 168 Å². The fourth-order valence-corrected chi connectivity index (χ4v) is 3.60. The first-order valence-corrected chi connectivity index (χ1v) is 9.19. The molecular formula is C21H24N2O6. The van der Waals surface area contributed by atoms with Crippen molar-refractivity contribution in [3.8, 4) is 17.2 Å². The minimum absolute atomic E-state index is 0.0281. The molecule has 8 nitrogen and oxygen atoms in total. The lowest BCUT2D eigenvalue weighted by atomic mass is 9.82. The number of rotatable bonds is 6. The van der Waals surface area contributed by atoms with Gasteiger partial charge in [-0.1, -0.05) is 25.5 Å². The number of aromatic amines is 1. The molecule has 29 heavy (non-hydrogen) atoms. The van der Waals surface area contributed by atoms with E-state index in [1.165, 1.54) is 21.3 Å². The Balaban J connectivity index is 2.34. The fourth-order valence-electron chi connectivity index (χ4n) is 3.60. The molecule has 1 aromatic carbocycles. The maximum Gasteiger partial charge on any atom is 0.340 e. The van der Waals surface area contributed by atoms with E-state index in [0.29, 0.717) is 29.2 Å². The van der Waals surface area contributed by atoms with Gasteiger partial charge in [0.25, 0.3) is 5.56 Å². The average molecular weight is 400 g/mol. The van der Waals surface area contributed by atoms with E-state index in [1.54, 1.807) is 24.3 Å². The first-order chi connectivity index (χ1) is 14.0. The van der Waals surface area contributed by atoms with E-state index in [2.05, 4.69) is 4.98 Å². The summed E-state index contributed by atoms with van der Waals surface area (Å²) in [5, 5.41) is 0. The van der Waals surface area contributed by atoms with Crippen LogP contribution in [0.15, 0.2) is 40.5 Å². The summed E-state index contributed by atoms with van der Waals surface area (Å²) in [7, 11) is 4.24. The number of hydrogen-bond donors (Lipinski definition) is 2. The van der Waals surface area contributed by atoms with Crippen LogP contribution in [0.3, 0.4) is 0 Å². The second kappa shape index (κ2) is 8.30. The third kappa shape index (κ3) is 3.53. The van der Waals surface area contributed by atoms with E-state index < -0.39 is 11.9 Å². The summed E-state index contributed by atoms with van der Waals surface area (Å²) >= 11 is 0. The Morgan fingerprint density at radius 3 is 2.62 bits per heavy atom. The summed E-state index contributed by atoms with van der Waals surface area (Å²) in [4.78, 5) is 28.5. The molecule has 1 aliphatic heterocycles. The highest BCUT2D eigenvalue weighted by Gasteiger charge is 2.39. The van der Waals surface area contributed by atoms with Crippen LogP contribution in [0.4, 0.5) is 0 Å². The number of esters is 1. The molecule has 3 rings (SSSR count). The molecule has 2 heterocycles. The van der Waals surface area contributed by atoms with Gasteiger partial charge in [-0.3, -0.25) is 4.79 Å². The number of carbonyl (C=O) groups is 1. The van der Waals surface area contributed by atoms with Gasteiger partial charge in [-0.15, -0.1) is 0 Å². The van der Waals surface area contributed by atoms with Gasteiger partial charge in [0.1, 0.15) is 11.3 Å². The molecule has 0 saturated heterocycles. The number of carbonyl (C=O) groups excluding carboxylic acids is 1. The molecule has 8 heteroatoms. The third-order valence-corrected chi connectivity index (χ3v) is 4.82. The number of nitrogens with two attached hydrogens (primary N) is 1. The van der Waals surface area contributed by atoms with Crippen LogP contribution in [0.5, 0.6) is 17.2 Å². The molecule has 0 radical (unpaired) electrons. The molecule has 2 aromatic rings. The van der Waals surface area contributed by atoms with E-state index in [9.17, 15) is 9.59 Å². The van der Waals surface area contributed by atoms with E-state index in [-0.39, 0.29) is 22.6 Å². The second-order valence-corrected chi connectivity index (χ2v) is 6.54. The Kier molecular flexibility index (Phi) is 5.81. The topological polar surface area (TPSA) is 113 Å². The van der Waals surface area contributed by atoms with E-state index in [0.717, 1.165) is 12.1 Å². The highest BCUT2D eigenvalue weighted by molar-refractivity contribution is 5.93. The standard InChI is InChI=1S/C21H24N2O6/c1-5-7-11-10-14-16(20(24)23-11)15(17(19(22)29-14)21(25)28-4)12-8-6-9-13(26-2)18(12)27-3/h6,8-10,15H,5,7,22H2,1-4H3,(H,23,24). The highest BCUT2D eigenvalue weighted by atomic mass is 16.5. The Morgan fingerprint density at radius 2 is 2.00 bits per heavy atom. The van der Waals surface area contributed by atoms with Crippen molar-refractivity contribution in [1.29, 1.82) is 0 Å². The summed E-state index contributed by atoms with van der Waals surface area (Å²) < 4.78 is 21.5. The molecule has 1 unspecified atom stereocenters. The van der Waals surface area contributed by atoms with Crippen molar-refractivity contribution in [2.45, 2.75) is 25.7 Å². The van der Waals surface area contributed by atoms with E-state index in [4.69, 9.17) is 24.7 Å². The van der Waals surface area contributed by atoms with Gasteiger partial charge in [0, 0.05) is 17.3 Å². The highest BCUT2D eigenvalue weighted by Crippen LogP contribution is 2.46. The summed E-state index contributed by atoms with van der Waals surface area (Å²) in [6, 6.07) is 6.95. The molecule has 0 aliphatic carbocycles. The lowest BCUT2D eigenvalue weighted by Crippen LogP contribution is -2.32. The number of pyridine rings is 1. The number of fused-ring (bicyclic) bond motifs is 1. The van der Waals surface area contributed by atoms with Crippen molar-refractivity contribution in [3.05, 3.63) is 62.9 Å². The number of aryl methyl sites for hydroxylation is 1. The Morgan fingerprint density at radius 1 is 1.24 bits per heavy atom. The van der Waals surface area contributed by atoms with Crippen molar-refractivity contribution in [2.75, 3.05) is 21.3 Å². The molecule has 0 spiro atoms. The zero-order chi connectivity index (χ0) is 21.1. The van der Waals surface area contributed by atoms with Crippen LogP contribution < -0.4 is 25.5 Å². The molecule has 3 N–H and O–H groups in total. The number of para-hydroxylation sites is 1. The first-order valence-electron chi connectivity index (χ1n) is 9.19. The fraction of sp³-hybridized carbons (Fsp3) is 0.333. The van der Waals surface area contributed by atoms with Crippen molar-refractivity contribution in [1.82, 2.24) is 4.98 Å². The lowest BCUT2D eigenvalue weighted by molar-refractivity contribution is -0.136. The van der Waals surface area contributed by atoms with Crippen molar-refractivity contribution in [2.24, 2.45) is 5.73 Å². The smallest absolute Gasteiger partial charge is 0.340 e. The zero-order valence-electron chi connectivity index (χ0n) is 16.8. The maximum atomic E-state index is 13.0. The largest absolute Gasteiger partial charge is 0.493 e. The molecule has 1 aromatic heterocycles. The van der Waals surface area contributed by atoms with Crippen LogP contribution in [0.2, 0.25) is 0 Å². The number of H-pyrrole nitrogens is 1. The third-order valence-electron chi connectivity index (χ3n) is 4.82. The lowest BCUT2D eigenvalue weighted by Gasteiger charge is -2.29. The molecule has 1 atom stereocenters. The van der Waals surface area contributed by atoms with Crippen molar-refractivity contribution >= 4 is 5.97 Å². The summed E-state index contributed by atoms with van der Waals surface area (Å²) in [5.74, 6) is -0.515. The molecule has 0 bridgehead atoms. The van der Waals surface area contributed by atoms with Crippen LogP contribution in [0.1, 0.15) is 36.1 Å². The van der Waals surface area contributed by atoms with Crippen LogP contribution in [-0.4, -0.2) is 32.3 Å². The second-order valence-electron chi connectivity index (χ2n) is 6.54. The molecule has 0 saturated carbocycles. The van der Waals surface area contributed by atoms with Gasteiger partial charge >= 0.3 is 5.97 Å². The van der Waals surface area contributed by atoms with Gasteiger partial charge in [0.2, 0.25) is 5.88 Å². The van der Waals surface area contributed by atoms with Crippen molar-refractivity contribution < 1.29 is 23.7 Å². The average Bonchev–Trinajstić information content (AvgIpc) is 2.71. The minimum atomic E-state index is -0.851. The molecule has 0 fully saturated rings. The van der Waals surface area contributed by atoms with Gasteiger partial charge in [0.05, 0.1) is 32.8 Å². The normalized spacial score (nSPS) is 15.4. The number of ether oxygens (including phenoxy) is 4. The SMILES string of the molecule is CCCc1cc2c(c(=O)[nH]1)C(c1cccc(OC)c1OC)C(C(=O)OC)=C(N)O2. The molecular weight excluding hydrogens is 376 g/mol. The van der Waals surface area contributed by atoms with Crippen molar-refractivity contribution in [3.63, 3.8) is 0 Å². The van der Waals surface area contributed by atoms with Crippen LogP contribution >= 0.6 is 0 Å². The quantitative estimate of drug-likeness (QED) is 0.715. The summed E-state index contributed by atoms with van der Waals surface area (Å²) in [5.41, 5.74) is 7.28. The van der Waals surface area contributed by atoms with Crippen LogP contribution in [0, 0.1) is 0 Å². The van der Waals surface area contributed by atoms with Gasteiger partial charge in [-0.05, 0) is 12.5 Å². The molecule has 154 valence electrons. The Bertz CT molecular complexity index is 1020. The van der Waals surface area contributed by atoms with Gasteiger partial charge in [-0.2, -0.15) is 0 Å². The van der Waals surface area contributed by atoms with Gasteiger partial charge < -0.3 is 29.7 Å². The number of benzene rings is 1. The summed E-state index contributed by atoms with van der Waals surface area (Å²) in [6.07, 6.45) is 1.52. The Hall–Kier alpha value is -3.42. The predicted octanol–water partition coefficient (Wildman–Crippen LogP) is 2.21. The summed E-state index contributed by atoms with van der Waals surface area (Å²) in [6.45, 7) is 2.01. The minimum Gasteiger partial charge on any atom is -0.493 e. The number of nitrogens with one attached hydrogen (secondary N) is 1. The van der Waals surface area contributed by atoms with E-state index in [1.807, 2.05) is 6.92 Å². The number of methoxy groups -OCH3 is 3. The molecule has 1 aliphatic rings. The molecule has 0 amide bonds. The monoisotopic (exact) mass is 400 g/mol. The van der Waals surface area contributed by atoms with Gasteiger partial charge in [0.15, 0.2) is 11.5 Å².